The van der Waals surface area contributed by atoms with Gasteiger partial charge in [-0.2, -0.15) is 0 Å². The topological polar surface area (TPSA) is 77.8 Å². The largest absolute Gasteiger partial charge is 2.00 e. The summed E-state index contributed by atoms with van der Waals surface area (Å²) in [5, 5.41) is 18.2. The first-order chi connectivity index (χ1) is 9.08. The van der Waals surface area contributed by atoms with E-state index in [4.69, 9.17) is 10.2 Å². The van der Waals surface area contributed by atoms with Gasteiger partial charge in [0.25, 0.3) is 0 Å². The molecular weight excluding hydrogens is 383 g/mol. The smallest absolute Gasteiger partial charge is 0.481 e. The van der Waals surface area contributed by atoms with Crippen LogP contribution in [0.4, 0.5) is 0 Å². The van der Waals surface area contributed by atoms with Crippen LogP contribution < -0.4 is 0 Å². The quantitative estimate of drug-likeness (QED) is 0.745. The molecule has 0 spiro atoms. The Morgan fingerprint density at radius 3 is 2.60 bits per heavy atom. The summed E-state index contributed by atoms with van der Waals surface area (Å²) < 4.78 is 0. The van der Waals surface area contributed by atoms with Crippen LogP contribution in [0.1, 0.15) is 28.8 Å². The average molecular weight is 401 g/mol. The van der Waals surface area contributed by atoms with Gasteiger partial charge < -0.3 is 10.2 Å². The molecule has 102 valence electrons. The van der Waals surface area contributed by atoms with Crippen molar-refractivity contribution in [3.8, 4) is 0 Å². The molecule has 1 fully saturated rings. The van der Waals surface area contributed by atoms with Gasteiger partial charge in [-0.3, -0.25) is 9.69 Å². The monoisotopic (exact) mass is 401 g/mol. The number of carbonyl (C=O) groups is 2. The van der Waals surface area contributed by atoms with Crippen LogP contribution in [0.25, 0.3) is 0 Å². The van der Waals surface area contributed by atoms with Crippen molar-refractivity contribution in [2.45, 2.75) is 19.4 Å². The van der Waals surface area contributed by atoms with Gasteiger partial charge in [-0.25, -0.2) is 4.79 Å². The van der Waals surface area contributed by atoms with Crippen molar-refractivity contribution >= 4 is 60.8 Å². The summed E-state index contributed by atoms with van der Waals surface area (Å²) in [6.07, 6.45) is 1.54. The second-order valence-corrected chi connectivity index (χ2v) is 4.87. The number of hydrogen-bond acceptors (Lipinski definition) is 3. The third kappa shape index (κ3) is 4.61. The number of aliphatic carboxylic acids is 1. The molecule has 5 nitrogen and oxygen atoms in total. The van der Waals surface area contributed by atoms with Gasteiger partial charge in [-0.15, -0.1) is 0 Å². The van der Waals surface area contributed by atoms with Crippen LogP contribution in [0.5, 0.6) is 0 Å². The predicted octanol–water partition coefficient (Wildman–Crippen LogP) is 1.30. The molecule has 1 aliphatic rings. The molecule has 0 bridgehead atoms. The Bertz CT molecular complexity index is 492. The van der Waals surface area contributed by atoms with E-state index in [-0.39, 0.29) is 54.8 Å². The van der Waals surface area contributed by atoms with Crippen LogP contribution in [-0.2, 0) is 11.3 Å². The summed E-state index contributed by atoms with van der Waals surface area (Å²) >= 11 is 0. The minimum Gasteiger partial charge on any atom is -0.481 e. The van der Waals surface area contributed by atoms with Crippen LogP contribution in [-0.4, -0.2) is 89.0 Å². The van der Waals surface area contributed by atoms with E-state index in [2.05, 4.69) is 0 Å². The summed E-state index contributed by atoms with van der Waals surface area (Å²) in [5.74, 6) is -2.05. The Labute approximate surface area is 158 Å². The molecule has 0 amide bonds. The summed E-state index contributed by atoms with van der Waals surface area (Å²) in [7, 11) is 0. The van der Waals surface area contributed by atoms with Gasteiger partial charge in [0.05, 0.1) is 11.5 Å². The second-order valence-electron chi connectivity index (χ2n) is 4.87. The van der Waals surface area contributed by atoms with Crippen molar-refractivity contribution in [2.75, 3.05) is 13.1 Å². The molecule has 0 aromatic heterocycles. The third-order valence-corrected chi connectivity index (χ3v) is 3.50. The molecule has 6 heteroatoms. The van der Waals surface area contributed by atoms with Crippen molar-refractivity contribution in [3.63, 3.8) is 0 Å². The molecule has 2 rings (SSSR count). The van der Waals surface area contributed by atoms with Crippen molar-refractivity contribution < 1.29 is 19.8 Å². The summed E-state index contributed by atoms with van der Waals surface area (Å²) in [5.41, 5.74) is 1.03. The third-order valence-electron chi connectivity index (χ3n) is 3.50. The molecule has 0 radical (unpaired) electrons. The molecule has 2 N–H and O–H groups in total. The number of rotatable bonds is 4. The van der Waals surface area contributed by atoms with E-state index in [9.17, 15) is 9.59 Å². The first-order valence-corrected chi connectivity index (χ1v) is 6.34. The molecule has 1 aliphatic heterocycles. The van der Waals surface area contributed by atoms with E-state index in [0.717, 1.165) is 18.5 Å². The summed E-state index contributed by atoms with van der Waals surface area (Å²) in [4.78, 5) is 24.1. The van der Waals surface area contributed by atoms with E-state index in [1.54, 1.807) is 24.3 Å². The number of carboxylic acids is 2. The van der Waals surface area contributed by atoms with E-state index in [1.165, 1.54) is 0 Å². The molecule has 1 atom stereocenters. The number of piperidine rings is 1. The van der Waals surface area contributed by atoms with Crippen molar-refractivity contribution in [3.05, 3.63) is 35.4 Å². The minimum absolute atomic E-state index is 0. The second kappa shape index (κ2) is 8.21. The van der Waals surface area contributed by atoms with Crippen LogP contribution in [0.3, 0.4) is 0 Å². The molecule has 1 aromatic rings. The Hall–Kier alpha value is -0.309. The molecule has 20 heavy (non-hydrogen) atoms. The minimum atomic E-state index is -0.942. The molecular formula is C14H17BaNO4+2. The zero-order valence-electron chi connectivity index (χ0n) is 11.3. The summed E-state index contributed by atoms with van der Waals surface area (Å²) in [6, 6.07) is 6.87. The fourth-order valence-corrected chi connectivity index (χ4v) is 2.51. The van der Waals surface area contributed by atoms with Gasteiger partial charge >= 0.3 is 60.8 Å². The maximum absolute atomic E-state index is 11.1. The Morgan fingerprint density at radius 2 is 1.95 bits per heavy atom. The van der Waals surface area contributed by atoms with E-state index >= 15 is 0 Å². The van der Waals surface area contributed by atoms with Gasteiger partial charge in [0, 0.05) is 13.1 Å². The Morgan fingerprint density at radius 1 is 1.25 bits per heavy atom. The number of aromatic carboxylic acids is 1. The fourth-order valence-electron chi connectivity index (χ4n) is 2.51. The van der Waals surface area contributed by atoms with Crippen molar-refractivity contribution in [1.29, 1.82) is 0 Å². The average Bonchev–Trinajstić information content (AvgIpc) is 2.39. The van der Waals surface area contributed by atoms with Crippen molar-refractivity contribution in [2.24, 2.45) is 5.92 Å². The number of nitrogens with zero attached hydrogens (tertiary/aromatic N) is 1. The number of carboxylic acid groups (broad SMARTS) is 2. The summed E-state index contributed by atoms with van der Waals surface area (Å²) in [6.45, 7) is 1.80. The standard InChI is InChI=1S/C14H17NO4.Ba/c16-13(17)11-5-3-7-15(9-11)8-10-4-1-2-6-12(10)14(18)19;/h1-2,4,6,11H,3,5,7-9H2,(H,16,17)(H,18,19);/q;+2. The zero-order valence-corrected chi connectivity index (χ0v) is 15.7. The van der Waals surface area contributed by atoms with Gasteiger partial charge in [0.2, 0.25) is 0 Å². The van der Waals surface area contributed by atoms with Crippen molar-refractivity contribution in [1.82, 2.24) is 4.90 Å². The molecule has 1 saturated heterocycles. The Kier molecular flexibility index (Phi) is 7.28. The normalized spacial score (nSPS) is 19.1. The first-order valence-electron chi connectivity index (χ1n) is 6.34. The molecule has 1 heterocycles. The fraction of sp³-hybridized carbons (Fsp3) is 0.429. The number of hydrogen-bond donors (Lipinski definition) is 2. The first kappa shape index (κ1) is 17.7. The van der Waals surface area contributed by atoms with E-state index in [0.29, 0.717) is 25.1 Å². The zero-order chi connectivity index (χ0) is 13.8. The number of benzene rings is 1. The van der Waals surface area contributed by atoms with Gasteiger partial charge in [0.15, 0.2) is 0 Å². The maximum Gasteiger partial charge on any atom is 2.00 e. The van der Waals surface area contributed by atoms with E-state index < -0.39 is 11.9 Å². The van der Waals surface area contributed by atoms with Gasteiger partial charge in [0.1, 0.15) is 0 Å². The molecule has 0 saturated carbocycles. The van der Waals surface area contributed by atoms with E-state index in [1.807, 2.05) is 4.90 Å². The van der Waals surface area contributed by atoms with Crippen LogP contribution in [0.15, 0.2) is 24.3 Å². The Balaban J connectivity index is 0.00000200. The predicted molar refractivity (Wildman–Crippen MR) is 74.8 cm³/mol. The van der Waals surface area contributed by atoms with Crippen LogP contribution >= 0.6 is 0 Å². The van der Waals surface area contributed by atoms with Crippen LogP contribution in [0.2, 0.25) is 0 Å². The maximum atomic E-state index is 11.1. The van der Waals surface area contributed by atoms with Gasteiger partial charge in [-0.05, 0) is 31.0 Å². The van der Waals surface area contributed by atoms with Crippen LogP contribution in [0, 0.1) is 5.92 Å². The molecule has 0 aliphatic carbocycles. The SMILES string of the molecule is O=C(O)c1ccccc1CN1CCCC(C(=O)O)C1.[Ba+2]. The number of likely N-dealkylation sites (tertiary alicyclic amines) is 1. The molecule has 1 unspecified atom stereocenters. The molecule has 1 aromatic carbocycles. The van der Waals surface area contributed by atoms with Gasteiger partial charge in [-0.1, -0.05) is 18.2 Å².